The summed E-state index contributed by atoms with van der Waals surface area (Å²) in [5.74, 6) is 0.0759. The number of nitrogens with two attached hydrogens (primary N) is 1. The molecular formula is C15H20BrClFNO. The van der Waals surface area contributed by atoms with Crippen LogP contribution in [0.15, 0.2) is 16.6 Å². The highest BCUT2D eigenvalue weighted by atomic mass is 79.9. The summed E-state index contributed by atoms with van der Waals surface area (Å²) in [6.45, 7) is 2.19. The first kappa shape index (κ1) is 16.2. The van der Waals surface area contributed by atoms with Crippen LogP contribution >= 0.6 is 27.5 Å². The molecule has 0 aromatic heterocycles. The van der Waals surface area contributed by atoms with E-state index in [-0.39, 0.29) is 5.02 Å². The first-order valence-corrected chi connectivity index (χ1v) is 8.02. The summed E-state index contributed by atoms with van der Waals surface area (Å²) in [5, 5.41) is 0.0769. The summed E-state index contributed by atoms with van der Waals surface area (Å²) in [5.41, 5.74) is 6.28. The Morgan fingerprint density at radius 1 is 1.55 bits per heavy atom. The molecule has 3 atom stereocenters. The van der Waals surface area contributed by atoms with Crippen molar-refractivity contribution in [3.63, 3.8) is 0 Å². The van der Waals surface area contributed by atoms with Gasteiger partial charge in [-0.3, -0.25) is 0 Å². The second kappa shape index (κ2) is 6.30. The molecular weight excluding hydrogens is 345 g/mol. The van der Waals surface area contributed by atoms with Crippen molar-refractivity contribution in [3.8, 4) is 0 Å². The van der Waals surface area contributed by atoms with E-state index < -0.39 is 17.5 Å². The highest BCUT2D eigenvalue weighted by Crippen LogP contribution is 2.43. The third-order valence-corrected chi connectivity index (χ3v) is 5.62. The molecule has 0 radical (unpaired) electrons. The predicted octanol–water partition coefficient (Wildman–Crippen LogP) is 4.84. The van der Waals surface area contributed by atoms with Gasteiger partial charge in [-0.05, 0) is 40.8 Å². The van der Waals surface area contributed by atoms with E-state index in [1.54, 1.807) is 19.2 Å². The maximum Gasteiger partial charge on any atom is 0.147 e. The highest BCUT2D eigenvalue weighted by Gasteiger charge is 2.42. The molecule has 1 aliphatic carbocycles. The van der Waals surface area contributed by atoms with Gasteiger partial charge in [-0.15, -0.1) is 0 Å². The van der Waals surface area contributed by atoms with Gasteiger partial charge in [0.2, 0.25) is 0 Å². The lowest BCUT2D eigenvalue weighted by Crippen LogP contribution is -2.46. The minimum Gasteiger partial charge on any atom is -0.376 e. The van der Waals surface area contributed by atoms with Crippen LogP contribution in [0.4, 0.5) is 4.39 Å². The average Bonchev–Trinajstić information content (AvgIpc) is 2.44. The minimum absolute atomic E-state index is 0.0769. The SMILES string of the molecule is COC1(C(N)c2ccc(Br)c(Cl)c2F)CCCC(C)C1. The highest BCUT2D eigenvalue weighted by molar-refractivity contribution is 9.10. The van der Waals surface area contributed by atoms with Crippen LogP contribution in [-0.2, 0) is 4.74 Å². The molecule has 112 valence electrons. The van der Waals surface area contributed by atoms with Crippen molar-refractivity contribution in [3.05, 3.63) is 33.0 Å². The van der Waals surface area contributed by atoms with Gasteiger partial charge in [0.05, 0.1) is 16.7 Å². The zero-order valence-corrected chi connectivity index (χ0v) is 14.1. The molecule has 2 N–H and O–H groups in total. The van der Waals surface area contributed by atoms with Crippen LogP contribution in [0.3, 0.4) is 0 Å². The lowest BCUT2D eigenvalue weighted by molar-refractivity contribution is -0.0724. The molecule has 20 heavy (non-hydrogen) atoms. The molecule has 2 nitrogen and oxygen atoms in total. The smallest absolute Gasteiger partial charge is 0.147 e. The lowest BCUT2D eigenvalue weighted by atomic mass is 9.73. The zero-order chi connectivity index (χ0) is 14.9. The Labute approximate surface area is 132 Å². The standard InChI is InChI=1S/C15H20BrClFNO/c1-9-4-3-7-15(8-9,20-2)14(19)10-5-6-11(16)12(17)13(10)18/h5-6,9,14H,3-4,7-8,19H2,1-2H3. The topological polar surface area (TPSA) is 35.2 Å². The molecule has 1 aromatic rings. The van der Waals surface area contributed by atoms with Gasteiger partial charge < -0.3 is 10.5 Å². The van der Waals surface area contributed by atoms with Crippen molar-refractivity contribution < 1.29 is 9.13 Å². The van der Waals surface area contributed by atoms with E-state index in [1.165, 1.54) is 6.42 Å². The van der Waals surface area contributed by atoms with E-state index in [2.05, 4.69) is 22.9 Å². The largest absolute Gasteiger partial charge is 0.376 e. The normalized spacial score (nSPS) is 28.4. The Morgan fingerprint density at radius 2 is 2.25 bits per heavy atom. The molecule has 0 aliphatic heterocycles. The fraction of sp³-hybridized carbons (Fsp3) is 0.600. The number of rotatable bonds is 3. The molecule has 1 fully saturated rings. The summed E-state index contributed by atoms with van der Waals surface area (Å²) in [6.07, 6.45) is 3.91. The average molecular weight is 365 g/mol. The van der Waals surface area contributed by atoms with Gasteiger partial charge in [-0.25, -0.2) is 4.39 Å². The van der Waals surface area contributed by atoms with E-state index in [9.17, 15) is 4.39 Å². The van der Waals surface area contributed by atoms with Crippen LogP contribution < -0.4 is 5.73 Å². The van der Waals surface area contributed by atoms with Gasteiger partial charge in [0, 0.05) is 17.1 Å². The van der Waals surface area contributed by atoms with E-state index in [4.69, 9.17) is 22.1 Å². The fourth-order valence-electron chi connectivity index (χ4n) is 3.20. The molecule has 1 aliphatic rings. The van der Waals surface area contributed by atoms with Gasteiger partial charge in [0.25, 0.3) is 0 Å². The maximum atomic E-state index is 14.4. The summed E-state index contributed by atoms with van der Waals surface area (Å²) in [7, 11) is 1.66. The van der Waals surface area contributed by atoms with Crippen LogP contribution in [0.5, 0.6) is 0 Å². The molecule has 5 heteroatoms. The van der Waals surface area contributed by atoms with Crippen LogP contribution in [0, 0.1) is 11.7 Å². The van der Waals surface area contributed by atoms with Crippen LogP contribution in [-0.4, -0.2) is 12.7 Å². The van der Waals surface area contributed by atoms with E-state index >= 15 is 0 Å². The van der Waals surface area contributed by atoms with Crippen molar-refractivity contribution in [2.24, 2.45) is 11.7 Å². The molecule has 0 heterocycles. The lowest BCUT2D eigenvalue weighted by Gasteiger charge is -2.43. The van der Waals surface area contributed by atoms with Crippen LogP contribution in [0.25, 0.3) is 0 Å². The van der Waals surface area contributed by atoms with Gasteiger partial charge >= 0.3 is 0 Å². The van der Waals surface area contributed by atoms with Crippen molar-refractivity contribution in [2.45, 2.75) is 44.2 Å². The monoisotopic (exact) mass is 363 g/mol. The van der Waals surface area contributed by atoms with Crippen LogP contribution in [0.2, 0.25) is 5.02 Å². The summed E-state index contributed by atoms with van der Waals surface area (Å²) in [4.78, 5) is 0. The minimum atomic E-state index is -0.513. The number of methoxy groups -OCH3 is 1. The Bertz CT molecular complexity index is 499. The Balaban J connectivity index is 2.38. The van der Waals surface area contributed by atoms with Crippen molar-refractivity contribution in [2.75, 3.05) is 7.11 Å². The molecule has 3 unspecified atom stereocenters. The molecule has 0 bridgehead atoms. The molecule has 1 saturated carbocycles. The summed E-state index contributed by atoms with van der Waals surface area (Å²) >= 11 is 9.19. The number of ether oxygens (including phenoxy) is 1. The zero-order valence-electron chi connectivity index (χ0n) is 11.8. The maximum absolute atomic E-state index is 14.4. The van der Waals surface area contributed by atoms with E-state index in [1.807, 2.05) is 0 Å². The summed E-state index contributed by atoms with van der Waals surface area (Å²) in [6, 6.07) is 2.91. The quantitative estimate of drug-likeness (QED) is 0.779. The number of benzene rings is 1. The van der Waals surface area contributed by atoms with Crippen molar-refractivity contribution in [1.82, 2.24) is 0 Å². The molecule has 1 aromatic carbocycles. The molecule has 2 rings (SSSR count). The van der Waals surface area contributed by atoms with Crippen molar-refractivity contribution >= 4 is 27.5 Å². The van der Waals surface area contributed by atoms with Gasteiger partial charge in [-0.2, -0.15) is 0 Å². The predicted molar refractivity (Wildman–Crippen MR) is 83.4 cm³/mol. The Kier molecular flexibility index (Phi) is 5.11. The Morgan fingerprint density at radius 3 is 2.85 bits per heavy atom. The number of hydrogen-bond acceptors (Lipinski definition) is 2. The van der Waals surface area contributed by atoms with Gasteiger partial charge in [-0.1, -0.05) is 37.4 Å². The third-order valence-electron chi connectivity index (χ3n) is 4.36. The third kappa shape index (κ3) is 2.89. The van der Waals surface area contributed by atoms with E-state index in [0.717, 1.165) is 19.3 Å². The van der Waals surface area contributed by atoms with E-state index in [0.29, 0.717) is 16.0 Å². The second-order valence-electron chi connectivity index (χ2n) is 5.71. The molecule has 0 amide bonds. The van der Waals surface area contributed by atoms with Crippen LogP contribution in [0.1, 0.15) is 44.2 Å². The number of halogens is 3. The first-order chi connectivity index (χ1) is 9.41. The van der Waals surface area contributed by atoms with Crippen molar-refractivity contribution in [1.29, 1.82) is 0 Å². The number of hydrogen-bond donors (Lipinski definition) is 1. The summed E-state index contributed by atoms with van der Waals surface area (Å²) < 4.78 is 20.7. The Hall–Kier alpha value is -0.160. The first-order valence-electron chi connectivity index (χ1n) is 6.85. The molecule has 0 spiro atoms. The fourth-order valence-corrected chi connectivity index (χ4v) is 3.68. The molecule has 0 saturated heterocycles. The van der Waals surface area contributed by atoms with Gasteiger partial charge in [0.1, 0.15) is 5.82 Å². The second-order valence-corrected chi connectivity index (χ2v) is 6.94. The van der Waals surface area contributed by atoms with Gasteiger partial charge in [0.15, 0.2) is 0 Å².